The molecular weight excluding hydrogens is 316 g/mol. The molecule has 0 saturated carbocycles. The van der Waals surface area contributed by atoms with Crippen molar-refractivity contribution in [1.82, 2.24) is 14.5 Å². The summed E-state index contributed by atoms with van der Waals surface area (Å²) in [5, 5.41) is 3.33. The Morgan fingerprint density at radius 1 is 1.24 bits per heavy atom. The zero-order valence-corrected chi connectivity index (χ0v) is 14.5. The van der Waals surface area contributed by atoms with Crippen LogP contribution in [0.15, 0.2) is 43.1 Å². The smallest absolute Gasteiger partial charge is 0.154 e. The van der Waals surface area contributed by atoms with Crippen LogP contribution in [0.5, 0.6) is 5.75 Å². The molecule has 0 saturated heterocycles. The van der Waals surface area contributed by atoms with Gasteiger partial charge in [0.05, 0.1) is 19.2 Å². The van der Waals surface area contributed by atoms with E-state index in [1.54, 1.807) is 20.3 Å². The number of nitrogens with zero attached hydrogens (tertiary/aromatic N) is 3. The molecule has 0 bridgehead atoms. The number of aromatic nitrogens is 3. The molecule has 0 aliphatic carbocycles. The van der Waals surface area contributed by atoms with Gasteiger partial charge >= 0.3 is 0 Å². The van der Waals surface area contributed by atoms with Gasteiger partial charge in [0.1, 0.15) is 11.3 Å². The van der Waals surface area contributed by atoms with Crippen molar-refractivity contribution in [2.45, 2.75) is 6.54 Å². The average molecular weight is 338 g/mol. The minimum Gasteiger partial charge on any atom is -0.497 e. The Hall–Kier alpha value is -2.86. The summed E-state index contributed by atoms with van der Waals surface area (Å²) in [5.41, 5.74) is 2.99. The van der Waals surface area contributed by atoms with E-state index in [-0.39, 0.29) is 0 Å². The van der Waals surface area contributed by atoms with E-state index in [1.807, 2.05) is 30.5 Å². The van der Waals surface area contributed by atoms with Crippen LogP contribution in [-0.4, -0.2) is 41.9 Å². The van der Waals surface area contributed by atoms with Crippen molar-refractivity contribution in [3.05, 3.63) is 54.5 Å². The lowest BCUT2D eigenvalue weighted by Crippen LogP contribution is -2.11. The third kappa shape index (κ3) is 3.80. The first kappa shape index (κ1) is 17.0. The summed E-state index contributed by atoms with van der Waals surface area (Å²) < 4.78 is 12.6. The van der Waals surface area contributed by atoms with Crippen molar-refractivity contribution in [2.24, 2.45) is 0 Å². The Balaban J connectivity index is 1.98. The molecule has 3 aromatic rings. The Morgan fingerprint density at radius 3 is 2.88 bits per heavy atom. The van der Waals surface area contributed by atoms with E-state index in [0.29, 0.717) is 25.5 Å². The quantitative estimate of drug-likeness (QED) is 0.639. The van der Waals surface area contributed by atoms with E-state index < -0.39 is 0 Å². The average Bonchev–Trinajstić information content (AvgIpc) is 3.04. The first-order valence-corrected chi connectivity index (χ1v) is 8.10. The Morgan fingerprint density at radius 2 is 2.12 bits per heavy atom. The van der Waals surface area contributed by atoms with Gasteiger partial charge in [-0.2, -0.15) is 0 Å². The molecule has 3 rings (SSSR count). The van der Waals surface area contributed by atoms with Gasteiger partial charge in [0.2, 0.25) is 0 Å². The molecule has 0 spiro atoms. The van der Waals surface area contributed by atoms with Gasteiger partial charge in [0, 0.05) is 26.4 Å². The van der Waals surface area contributed by atoms with Crippen molar-refractivity contribution in [1.29, 1.82) is 0 Å². The second-order valence-corrected chi connectivity index (χ2v) is 5.58. The van der Waals surface area contributed by atoms with Crippen LogP contribution in [0.2, 0.25) is 0 Å². The third-order valence-corrected chi connectivity index (χ3v) is 3.90. The molecule has 0 amide bonds. The maximum absolute atomic E-state index is 5.31. The number of fused-ring (bicyclic) bond motifs is 1. The second-order valence-electron chi connectivity index (χ2n) is 5.58. The van der Waals surface area contributed by atoms with Gasteiger partial charge in [0.15, 0.2) is 11.6 Å². The van der Waals surface area contributed by atoms with Crippen molar-refractivity contribution >= 4 is 22.9 Å². The molecule has 0 aliphatic heterocycles. The lowest BCUT2D eigenvalue weighted by atomic mass is 10.2. The predicted octanol–water partition coefficient (Wildman–Crippen LogP) is 3.19. The Labute approximate surface area is 147 Å². The monoisotopic (exact) mass is 338 g/mol. The van der Waals surface area contributed by atoms with Crippen LogP contribution in [0.4, 0.5) is 5.82 Å². The first-order chi connectivity index (χ1) is 12.2. The second kappa shape index (κ2) is 7.81. The fraction of sp³-hybridized carbons (Fsp3) is 0.263. The normalized spacial score (nSPS) is 10.8. The molecular formula is C19H22N4O2. The molecule has 6 nitrogen and oxygen atoms in total. The summed E-state index contributed by atoms with van der Waals surface area (Å²) in [5.74, 6) is 2.23. The van der Waals surface area contributed by atoms with Crippen LogP contribution >= 0.6 is 0 Å². The van der Waals surface area contributed by atoms with Gasteiger partial charge in [0.25, 0.3) is 0 Å². The molecule has 1 aromatic carbocycles. The summed E-state index contributed by atoms with van der Waals surface area (Å²) in [6.07, 6.45) is 3.67. The fourth-order valence-electron chi connectivity index (χ4n) is 2.71. The molecule has 1 N–H and O–H groups in total. The highest BCUT2D eigenvalue weighted by Crippen LogP contribution is 2.24. The Kier molecular flexibility index (Phi) is 5.30. The van der Waals surface area contributed by atoms with E-state index in [0.717, 1.165) is 28.2 Å². The lowest BCUT2D eigenvalue weighted by molar-refractivity contribution is 0.210. The highest BCUT2D eigenvalue weighted by Gasteiger charge is 2.12. The van der Waals surface area contributed by atoms with Gasteiger partial charge in [-0.05, 0) is 29.8 Å². The van der Waals surface area contributed by atoms with Crippen LogP contribution in [0.1, 0.15) is 11.4 Å². The predicted molar refractivity (Wildman–Crippen MR) is 100 cm³/mol. The van der Waals surface area contributed by atoms with Crippen molar-refractivity contribution in [3.8, 4) is 5.75 Å². The van der Waals surface area contributed by atoms with E-state index in [4.69, 9.17) is 9.47 Å². The Bertz CT molecular complexity index is 873. The molecule has 0 unspecified atom stereocenters. The molecule has 130 valence electrons. The topological polar surface area (TPSA) is 61.2 Å². The minimum absolute atomic E-state index is 0.603. The summed E-state index contributed by atoms with van der Waals surface area (Å²) in [4.78, 5) is 9.09. The zero-order chi connectivity index (χ0) is 17.6. The summed E-state index contributed by atoms with van der Waals surface area (Å²) in [6.45, 7) is 5.75. The summed E-state index contributed by atoms with van der Waals surface area (Å²) >= 11 is 0. The SMILES string of the molecule is C=Cc1nc(NCCOC)c2c(ccn2Cc2cccc(OC)c2)n1. The van der Waals surface area contributed by atoms with Gasteiger partial charge in [-0.15, -0.1) is 0 Å². The van der Waals surface area contributed by atoms with E-state index in [2.05, 4.69) is 32.5 Å². The minimum atomic E-state index is 0.603. The third-order valence-electron chi connectivity index (χ3n) is 3.90. The van der Waals surface area contributed by atoms with Crippen molar-refractivity contribution in [2.75, 3.05) is 32.7 Å². The number of anilines is 1. The number of nitrogens with one attached hydrogen (secondary N) is 1. The maximum atomic E-state index is 5.31. The fourth-order valence-corrected chi connectivity index (χ4v) is 2.71. The molecule has 2 heterocycles. The van der Waals surface area contributed by atoms with Crippen LogP contribution in [0.3, 0.4) is 0 Å². The number of rotatable bonds is 8. The van der Waals surface area contributed by atoms with E-state index in [9.17, 15) is 0 Å². The summed E-state index contributed by atoms with van der Waals surface area (Å²) in [7, 11) is 3.35. The molecule has 25 heavy (non-hydrogen) atoms. The molecule has 6 heteroatoms. The first-order valence-electron chi connectivity index (χ1n) is 8.10. The highest BCUT2D eigenvalue weighted by molar-refractivity contribution is 5.87. The maximum Gasteiger partial charge on any atom is 0.154 e. The molecule has 2 aromatic heterocycles. The van der Waals surface area contributed by atoms with Crippen molar-refractivity contribution in [3.63, 3.8) is 0 Å². The summed E-state index contributed by atoms with van der Waals surface area (Å²) in [6, 6.07) is 10.0. The molecule has 0 aliphatic rings. The number of hydrogen-bond acceptors (Lipinski definition) is 5. The van der Waals surface area contributed by atoms with Crippen LogP contribution < -0.4 is 10.1 Å². The van der Waals surface area contributed by atoms with Crippen molar-refractivity contribution < 1.29 is 9.47 Å². The van der Waals surface area contributed by atoms with Gasteiger partial charge < -0.3 is 19.4 Å². The standard InChI is InChI=1S/C19H22N4O2/c1-4-17-21-16-8-10-23(13-14-6-5-7-15(12-14)25-3)18(16)19(22-17)20-9-11-24-2/h4-8,10,12H,1,9,11,13H2,2-3H3,(H,20,21,22). The number of hydrogen-bond donors (Lipinski definition) is 1. The van der Waals surface area contributed by atoms with Crippen LogP contribution in [-0.2, 0) is 11.3 Å². The van der Waals surface area contributed by atoms with Crippen LogP contribution in [0, 0.1) is 0 Å². The molecule has 0 atom stereocenters. The zero-order valence-electron chi connectivity index (χ0n) is 14.5. The number of methoxy groups -OCH3 is 2. The van der Waals surface area contributed by atoms with Gasteiger partial charge in [-0.1, -0.05) is 18.7 Å². The van der Waals surface area contributed by atoms with E-state index >= 15 is 0 Å². The largest absolute Gasteiger partial charge is 0.497 e. The van der Waals surface area contributed by atoms with Crippen LogP contribution in [0.25, 0.3) is 17.1 Å². The lowest BCUT2D eigenvalue weighted by Gasteiger charge is -2.12. The molecule has 0 fully saturated rings. The van der Waals surface area contributed by atoms with Gasteiger partial charge in [-0.3, -0.25) is 0 Å². The molecule has 0 radical (unpaired) electrons. The number of ether oxygens (including phenoxy) is 2. The highest BCUT2D eigenvalue weighted by atomic mass is 16.5. The van der Waals surface area contributed by atoms with Gasteiger partial charge in [-0.25, -0.2) is 9.97 Å². The number of benzene rings is 1. The van der Waals surface area contributed by atoms with E-state index in [1.165, 1.54) is 0 Å².